The van der Waals surface area contributed by atoms with Crippen molar-refractivity contribution in [2.45, 2.75) is 84.5 Å². The summed E-state index contributed by atoms with van der Waals surface area (Å²) in [6, 6.07) is 4.98. The summed E-state index contributed by atoms with van der Waals surface area (Å²) in [5, 5.41) is 12.6. The molecule has 5 heterocycles. The summed E-state index contributed by atoms with van der Waals surface area (Å²) in [7, 11) is 2.13. The van der Waals surface area contributed by atoms with E-state index in [0.29, 0.717) is 43.9 Å². The SMILES string of the molecule is Cc1c(Cl)c2c(Cl)c(C)c1-c1c(C3=CCCCC3)sc3ncnc(c13)O[C@@H](C(=O)OC(C)(C)C)Cc1cc(ccc1O)OC[C@@H](CN1CCN(C)CC1)O2. The van der Waals surface area contributed by atoms with Crippen LogP contribution in [0.3, 0.4) is 0 Å². The summed E-state index contributed by atoms with van der Waals surface area (Å²) in [6.07, 6.45) is 6.22. The molecule has 0 spiro atoms. The van der Waals surface area contributed by atoms with Gasteiger partial charge in [0, 0.05) is 55.1 Å². The number of nitrogens with zero attached hydrogens (tertiary/aromatic N) is 4. The van der Waals surface area contributed by atoms with E-state index in [0.717, 1.165) is 79.0 Å². The second-order valence-corrected chi connectivity index (χ2v) is 17.3. The Balaban J connectivity index is 1.45. The van der Waals surface area contributed by atoms with E-state index in [-0.39, 0.29) is 24.7 Å². The van der Waals surface area contributed by atoms with Crippen molar-refractivity contribution in [1.29, 1.82) is 0 Å². The van der Waals surface area contributed by atoms with Gasteiger partial charge in [0.2, 0.25) is 12.0 Å². The van der Waals surface area contributed by atoms with E-state index in [4.69, 9.17) is 47.1 Å². The van der Waals surface area contributed by atoms with Gasteiger partial charge in [-0.15, -0.1) is 11.3 Å². The molecule has 1 aliphatic carbocycles. The van der Waals surface area contributed by atoms with Gasteiger partial charge in [0.05, 0.1) is 15.4 Å². The largest absolute Gasteiger partial charge is 0.508 e. The van der Waals surface area contributed by atoms with Gasteiger partial charge in [-0.05, 0) is 108 Å². The Kier molecular flexibility index (Phi) is 11.4. The number of carbonyl (C=O) groups excluding carboxylic acids is 1. The summed E-state index contributed by atoms with van der Waals surface area (Å²) in [5.74, 6) is 0.539. The number of halogens is 2. The number of carbonyl (C=O) groups is 1. The van der Waals surface area contributed by atoms with Crippen molar-refractivity contribution in [3.63, 3.8) is 0 Å². The number of fused-ring (bicyclic) bond motifs is 7. The third-order valence-electron chi connectivity index (χ3n) is 10.3. The molecule has 0 unspecified atom stereocenters. The summed E-state index contributed by atoms with van der Waals surface area (Å²) in [6.45, 7) is 13.8. The van der Waals surface area contributed by atoms with Crippen LogP contribution in [0.15, 0.2) is 30.6 Å². The Morgan fingerprint density at radius 1 is 1.04 bits per heavy atom. The number of likely N-dealkylation sites (N-methyl/N-ethyl adjacent to an activating group) is 1. The van der Waals surface area contributed by atoms with Crippen molar-refractivity contribution in [3.8, 4) is 34.3 Å². The molecule has 4 aromatic rings. The van der Waals surface area contributed by atoms with E-state index in [9.17, 15) is 9.90 Å². The molecule has 4 bridgehead atoms. The summed E-state index contributed by atoms with van der Waals surface area (Å²) < 4.78 is 25.7. The van der Waals surface area contributed by atoms with Crippen molar-refractivity contribution in [1.82, 2.24) is 19.8 Å². The van der Waals surface area contributed by atoms with E-state index < -0.39 is 23.8 Å². The monoisotopic (exact) mass is 794 g/mol. The van der Waals surface area contributed by atoms with E-state index in [1.54, 1.807) is 29.5 Å². The summed E-state index contributed by atoms with van der Waals surface area (Å²) >= 11 is 16.2. The maximum Gasteiger partial charge on any atom is 0.348 e. The number of phenolic OH excluding ortho intramolecular Hbond substituents is 1. The first-order valence-corrected chi connectivity index (χ1v) is 20.2. The number of hydrogen-bond donors (Lipinski definition) is 1. The highest BCUT2D eigenvalue weighted by Crippen LogP contribution is 2.52. The van der Waals surface area contributed by atoms with Crippen molar-refractivity contribution in [2.75, 3.05) is 46.4 Å². The van der Waals surface area contributed by atoms with Crippen molar-refractivity contribution in [3.05, 3.63) is 62.2 Å². The van der Waals surface area contributed by atoms with Crippen LogP contribution < -0.4 is 14.2 Å². The zero-order chi connectivity index (χ0) is 38.3. The second kappa shape index (κ2) is 15.9. The van der Waals surface area contributed by atoms with Gasteiger partial charge in [0.1, 0.15) is 41.0 Å². The second-order valence-electron chi connectivity index (χ2n) is 15.5. The molecule has 2 aromatic heterocycles. The number of ether oxygens (including phenoxy) is 4. The van der Waals surface area contributed by atoms with Crippen LogP contribution in [0.25, 0.3) is 26.9 Å². The highest BCUT2D eigenvalue weighted by Gasteiger charge is 2.34. The lowest BCUT2D eigenvalue weighted by Crippen LogP contribution is -2.49. The fourth-order valence-corrected chi connectivity index (χ4v) is 9.13. The summed E-state index contributed by atoms with van der Waals surface area (Å²) in [4.78, 5) is 29.8. The number of phenols is 1. The zero-order valence-corrected chi connectivity index (χ0v) is 34.1. The third-order valence-corrected chi connectivity index (χ3v) is 12.3. The Morgan fingerprint density at radius 2 is 1.78 bits per heavy atom. The van der Waals surface area contributed by atoms with Gasteiger partial charge >= 0.3 is 5.97 Å². The first-order valence-electron chi connectivity index (χ1n) is 18.6. The molecule has 1 N–H and O–H groups in total. The van der Waals surface area contributed by atoms with Crippen molar-refractivity contribution < 1.29 is 28.8 Å². The zero-order valence-electron chi connectivity index (χ0n) is 31.8. The Bertz CT molecular complexity index is 2060. The Hall–Kier alpha value is -3.61. The number of allylic oxidation sites excluding steroid dienone is 2. The molecule has 8 rings (SSSR count). The van der Waals surface area contributed by atoms with Crippen molar-refractivity contribution in [2.24, 2.45) is 0 Å². The van der Waals surface area contributed by atoms with Crippen LogP contribution >= 0.6 is 34.5 Å². The van der Waals surface area contributed by atoms with Gasteiger partial charge < -0.3 is 29.0 Å². The molecule has 0 amide bonds. The van der Waals surface area contributed by atoms with Crippen LogP contribution in [-0.4, -0.2) is 95.0 Å². The fraction of sp³-hybridized carbons (Fsp3) is 0.488. The molecular weight excluding hydrogens is 747 g/mol. The fourth-order valence-electron chi connectivity index (χ4n) is 7.41. The molecule has 288 valence electrons. The van der Waals surface area contributed by atoms with Gasteiger partial charge in [-0.25, -0.2) is 14.8 Å². The predicted molar refractivity (Wildman–Crippen MR) is 215 cm³/mol. The van der Waals surface area contributed by atoms with Crippen LogP contribution in [0, 0.1) is 13.8 Å². The average molecular weight is 796 g/mol. The first kappa shape index (κ1) is 38.7. The number of piperazine rings is 1. The number of thiophene rings is 1. The minimum absolute atomic E-state index is 0.000564. The third kappa shape index (κ3) is 8.16. The molecule has 2 aromatic carbocycles. The van der Waals surface area contributed by atoms with E-state index in [1.807, 2.05) is 34.6 Å². The molecule has 4 aliphatic rings. The summed E-state index contributed by atoms with van der Waals surface area (Å²) in [5.41, 5.74) is 4.18. The van der Waals surface area contributed by atoms with Crippen LogP contribution in [-0.2, 0) is 16.0 Å². The average Bonchev–Trinajstić information content (AvgIpc) is 3.52. The van der Waals surface area contributed by atoms with Crippen LogP contribution in [0.4, 0.5) is 0 Å². The van der Waals surface area contributed by atoms with Crippen LogP contribution in [0.1, 0.15) is 68.0 Å². The molecule has 13 heteroatoms. The van der Waals surface area contributed by atoms with Gasteiger partial charge in [0.25, 0.3) is 0 Å². The molecule has 1 saturated heterocycles. The number of rotatable bonds is 4. The smallest absolute Gasteiger partial charge is 0.348 e. The number of benzene rings is 2. The molecule has 0 saturated carbocycles. The lowest BCUT2D eigenvalue weighted by Gasteiger charge is -2.35. The Morgan fingerprint density at radius 3 is 2.46 bits per heavy atom. The van der Waals surface area contributed by atoms with Gasteiger partial charge in [-0.1, -0.05) is 29.3 Å². The standard InChI is InChI=1S/C41H48Cl2N4O6S/c1-23-31-24(2)35(43)36(34(23)42)51-28(20-47-16-14-46(6)15-17-47)21-50-27-12-13-29(48)26(18-27)19-30(40(49)53-41(3,4)5)52-38-33-32(31)37(25-10-8-7-9-11-25)54-39(33)45-22-44-38/h10,12-13,18,22,28,30,48H,7-9,11,14-17,19-21H2,1-6H3/t28-,30-/m1/s1. The molecule has 1 fully saturated rings. The highest BCUT2D eigenvalue weighted by molar-refractivity contribution is 7.20. The predicted octanol–water partition coefficient (Wildman–Crippen LogP) is 8.66. The van der Waals surface area contributed by atoms with Crippen molar-refractivity contribution >= 4 is 56.3 Å². The Labute approximate surface area is 331 Å². The van der Waals surface area contributed by atoms with Gasteiger partial charge in [-0.2, -0.15) is 0 Å². The van der Waals surface area contributed by atoms with E-state index in [1.165, 1.54) is 11.9 Å². The van der Waals surface area contributed by atoms with E-state index in [2.05, 4.69) is 27.9 Å². The quantitative estimate of drug-likeness (QED) is 0.202. The number of aromatic nitrogens is 2. The van der Waals surface area contributed by atoms with Crippen LogP contribution in [0.5, 0.6) is 23.1 Å². The molecule has 54 heavy (non-hydrogen) atoms. The van der Waals surface area contributed by atoms with Gasteiger partial charge in [-0.3, -0.25) is 4.90 Å². The molecule has 10 nitrogen and oxygen atoms in total. The van der Waals surface area contributed by atoms with Gasteiger partial charge in [0.15, 0.2) is 5.75 Å². The molecule has 0 radical (unpaired) electrons. The maximum atomic E-state index is 14.0. The molecule has 3 aliphatic heterocycles. The highest BCUT2D eigenvalue weighted by atomic mass is 35.5. The number of hydrogen-bond acceptors (Lipinski definition) is 11. The first-order chi connectivity index (χ1) is 25.8. The van der Waals surface area contributed by atoms with Crippen LogP contribution in [0.2, 0.25) is 10.0 Å². The molecule has 2 atom stereocenters. The number of esters is 1. The number of aromatic hydroxyl groups is 1. The molecular formula is C41H48Cl2N4O6S. The minimum Gasteiger partial charge on any atom is -0.508 e. The maximum absolute atomic E-state index is 14.0. The topological polar surface area (TPSA) is 106 Å². The van der Waals surface area contributed by atoms with E-state index >= 15 is 0 Å². The lowest BCUT2D eigenvalue weighted by molar-refractivity contribution is -0.163. The normalized spacial score (nSPS) is 20.1. The lowest BCUT2D eigenvalue weighted by atomic mass is 9.89. The minimum atomic E-state index is -1.17.